The minimum Gasteiger partial charge on any atom is -0.493 e. The molecule has 0 fully saturated rings. The molecule has 2 N–H and O–H groups in total. The van der Waals surface area contributed by atoms with Crippen LogP contribution < -0.4 is 10.5 Å². The molecule has 0 unspecified atom stereocenters. The highest BCUT2D eigenvalue weighted by Gasteiger charge is 2.16. The molecule has 1 aliphatic rings. The number of hydrogen-bond donors (Lipinski definition) is 1. The Kier molecular flexibility index (Phi) is 2.29. The highest BCUT2D eigenvalue weighted by atomic mass is 16.5. The van der Waals surface area contributed by atoms with Crippen LogP contribution in [-0.2, 0) is 13.0 Å². The summed E-state index contributed by atoms with van der Waals surface area (Å²) in [5.41, 5.74) is 8.08. The standard InChI is InChI=1S/C12H15N3O/c13-5-6-15-12-9(8-14-15)3-4-11-10(12)2-1-7-16-11/h3-4,8H,1-2,5-7,13H2. The second-order valence-corrected chi connectivity index (χ2v) is 4.09. The van der Waals surface area contributed by atoms with Crippen molar-refractivity contribution in [3.8, 4) is 5.75 Å². The van der Waals surface area contributed by atoms with Gasteiger partial charge in [0.15, 0.2) is 0 Å². The fourth-order valence-electron chi connectivity index (χ4n) is 2.33. The van der Waals surface area contributed by atoms with Crippen molar-refractivity contribution >= 4 is 10.9 Å². The summed E-state index contributed by atoms with van der Waals surface area (Å²) in [5.74, 6) is 1.01. The average molecular weight is 217 g/mol. The molecule has 16 heavy (non-hydrogen) atoms. The number of ether oxygens (including phenoxy) is 1. The van der Waals surface area contributed by atoms with Crippen molar-refractivity contribution in [1.82, 2.24) is 9.78 Å². The topological polar surface area (TPSA) is 53.1 Å². The van der Waals surface area contributed by atoms with Crippen molar-refractivity contribution in [2.75, 3.05) is 13.2 Å². The van der Waals surface area contributed by atoms with E-state index in [-0.39, 0.29) is 0 Å². The second kappa shape index (κ2) is 3.79. The van der Waals surface area contributed by atoms with Gasteiger partial charge in [-0.15, -0.1) is 0 Å². The molecule has 3 rings (SSSR count). The summed E-state index contributed by atoms with van der Waals surface area (Å²) in [6.07, 6.45) is 4.06. The third-order valence-corrected chi connectivity index (χ3v) is 3.03. The van der Waals surface area contributed by atoms with Crippen LogP contribution in [0.1, 0.15) is 12.0 Å². The van der Waals surface area contributed by atoms with Crippen molar-refractivity contribution in [2.24, 2.45) is 5.73 Å². The molecule has 4 nitrogen and oxygen atoms in total. The minimum absolute atomic E-state index is 0.612. The second-order valence-electron chi connectivity index (χ2n) is 4.09. The molecule has 0 radical (unpaired) electrons. The molecule has 84 valence electrons. The third-order valence-electron chi connectivity index (χ3n) is 3.03. The van der Waals surface area contributed by atoms with Crippen LogP contribution in [0.15, 0.2) is 18.3 Å². The Morgan fingerprint density at radius 1 is 1.44 bits per heavy atom. The van der Waals surface area contributed by atoms with Crippen LogP contribution in [0.25, 0.3) is 10.9 Å². The number of benzene rings is 1. The number of nitrogens with zero attached hydrogens (tertiary/aromatic N) is 2. The van der Waals surface area contributed by atoms with Crippen LogP contribution in [0.5, 0.6) is 5.75 Å². The van der Waals surface area contributed by atoms with E-state index < -0.39 is 0 Å². The van der Waals surface area contributed by atoms with Gasteiger partial charge in [-0.05, 0) is 25.0 Å². The van der Waals surface area contributed by atoms with Crippen molar-refractivity contribution in [3.63, 3.8) is 0 Å². The highest BCUT2D eigenvalue weighted by Crippen LogP contribution is 2.31. The fraction of sp³-hybridized carbons (Fsp3) is 0.417. The first-order valence-corrected chi connectivity index (χ1v) is 5.70. The molecule has 0 saturated carbocycles. The maximum absolute atomic E-state index is 5.66. The number of fused-ring (bicyclic) bond motifs is 3. The zero-order chi connectivity index (χ0) is 11.0. The number of rotatable bonds is 2. The molecular weight excluding hydrogens is 202 g/mol. The first kappa shape index (κ1) is 9.66. The molecule has 2 heterocycles. The molecular formula is C12H15N3O. The van der Waals surface area contributed by atoms with E-state index in [2.05, 4.69) is 11.2 Å². The molecule has 0 atom stereocenters. The minimum atomic E-state index is 0.612. The van der Waals surface area contributed by atoms with Gasteiger partial charge in [0, 0.05) is 17.5 Å². The van der Waals surface area contributed by atoms with Gasteiger partial charge in [0.25, 0.3) is 0 Å². The highest BCUT2D eigenvalue weighted by molar-refractivity contribution is 5.84. The predicted octanol–water partition coefficient (Wildman–Crippen LogP) is 1.32. The Bertz CT molecular complexity index is 518. The smallest absolute Gasteiger partial charge is 0.124 e. The predicted molar refractivity (Wildman–Crippen MR) is 62.6 cm³/mol. The largest absolute Gasteiger partial charge is 0.493 e. The van der Waals surface area contributed by atoms with Crippen LogP contribution >= 0.6 is 0 Å². The summed E-state index contributed by atoms with van der Waals surface area (Å²) >= 11 is 0. The Morgan fingerprint density at radius 3 is 3.25 bits per heavy atom. The monoisotopic (exact) mass is 217 g/mol. The van der Waals surface area contributed by atoms with Gasteiger partial charge in [0.05, 0.1) is 24.9 Å². The van der Waals surface area contributed by atoms with Crippen LogP contribution in [0.2, 0.25) is 0 Å². The van der Waals surface area contributed by atoms with E-state index in [0.717, 1.165) is 31.7 Å². The quantitative estimate of drug-likeness (QED) is 0.825. The maximum Gasteiger partial charge on any atom is 0.124 e. The van der Waals surface area contributed by atoms with E-state index in [1.54, 1.807) is 0 Å². The third kappa shape index (κ3) is 1.38. The lowest BCUT2D eigenvalue weighted by Crippen LogP contribution is -2.14. The van der Waals surface area contributed by atoms with E-state index >= 15 is 0 Å². The summed E-state index contributed by atoms with van der Waals surface area (Å²) in [4.78, 5) is 0. The van der Waals surface area contributed by atoms with Gasteiger partial charge >= 0.3 is 0 Å². The normalized spacial score (nSPS) is 14.8. The lowest BCUT2D eigenvalue weighted by Gasteiger charge is -2.18. The van der Waals surface area contributed by atoms with E-state index in [1.165, 1.54) is 16.5 Å². The zero-order valence-corrected chi connectivity index (χ0v) is 9.15. The molecule has 1 aliphatic heterocycles. The number of hydrogen-bond acceptors (Lipinski definition) is 3. The van der Waals surface area contributed by atoms with E-state index in [4.69, 9.17) is 10.5 Å². The molecule has 0 bridgehead atoms. The summed E-state index contributed by atoms with van der Waals surface area (Å²) < 4.78 is 7.65. The Hall–Kier alpha value is -1.55. The number of nitrogens with two attached hydrogens (primary N) is 1. The van der Waals surface area contributed by atoms with E-state index in [0.29, 0.717) is 6.54 Å². The molecule has 1 aromatic carbocycles. The van der Waals surface area contributed by atoms with Crippen LogP contribution in [0, 0.1) is 0 Å². The SMILES string of the molecule is NCCn1ncc2ccc3c(c21)CCCO3. The van der Waals surface area contributed by atoms with E-state index in [9.17, 15) is 0 Å². The van der Waals surface area contributed by atoms with Crippen molar-refractivity contribution in [1.29, 1.82) is 0 Å². The van der Waals surface area contributed by atoms with Gasteiger partial charge in [-0.25, -0.2) is 0 Å². The van der Waals surface area contributed by atoms with Crippen LogP contribution in [-0.4, -0.2) is 22.9 Å². The fourth-order valence-corrected chi connectivity index (χ4v) is 2.33. The summed E-state index contributed by atoms with van der Waals surface area (Å²) in [6, 6.07) is 4.12. The molecule has 1 aromatic heterocycles. The molecule has 2 aromatic rings. The van der Waals surface area contributed by atoms with Crippen molar-refractivity contribution in [2.45, 2.75) is 19.4 Å². The molecule has 0 saturated heterocycles. The van der Waals surface area contributed by atoms with Gasteiger partial charge in [-0.1, -0.05) is 0 Å². The Balaban J connectivity index is 2.23. The summed E-state index contributed by atoms with van der Waals surface area (Å²) in [5, 5.41) is 5.55. The first-order valence-electron chi connectivity index (χ1n) is 5.70. The number of aryl methyl sites for hydroxylation is 1. The first-order chi connectivity index (χ1) is 7.90. The van der Waals surface area contributed by atoms with Crippen LogP contribution in [0.3, 0.4) is 0 Å². The van der Waals surface area contributed by atoms with E-state index in [1.807, 2.05) is 16.9 Å². The van der Waals surface area contributed by atoms with Gasteiger partial charge in [0.2, 0.25) is 0 Å². The van der Waals surface area contributed by atoms with Gasteiger partial charge < -0.3 is 10.5 Å². The summed E-state index contributed by atoms with van der Waals surface area (Å²) in [6.45, 7) is 2.20. The summed E-state index contributed by atoms with van der Waals surface area (Å²) in [7, 11) is 0. The Morgan fingerprint density at radius 2 is 2.38 bits per heavy atom. The molecule has 0 spiro atoms. The average Bonchev–Trinajstić information content (AvgIpc) is 2.73. The molecule has 4 heteroatoms. The maximum atomic E-state index is 5.66. The van der Waals surface area contributed by atoms with Crippen molar-refractivity contribution in [3.05, 3.63) is 23.9 Å². The zero-order valence-electron chi connectivity index (χ0n) is 9.15. The van der Waals surface area contributed by atoms with Gasteiger partial charge in [-0.2, -0.15) is 5.10 Å². The number of aromatic nitrogens is 2. The lowest BCUT2D eigenvalue weighted by molar-refractivity contribution is 0.289. The molecule has 0 amide bonds. The van der Waals surface area contributed by atoms with Crippen molar-refractivity contribution < 1.29 is 4.74 Å². The molecule has 0 aliphatic carbocycles. The van der Waals surface area contributed by atoms with Gasteiger partial charge in [-0.3, -0.25) is 4.68 Å². The lowest BCUT2D eigenvalue weighted by atomic mass is 10.0. The van der Waals surface area contributed by atoms with Gasteiger partial charge in [0.1, 0.15) is 5.75 Å². The van der Waals surface area contributed by atoms with Crippen LogP contribution in [0.4, 0.5) is 0 Å². The Labute approximate surface area is 94.0 Å².